The molecule has 3 rings (SSSR count). The van der Waals surface area contributed by atoms with Crippen molar-refractivity contribution >= 4 is 57.5 Å². The maximum Gasteiger partial charge on any atom is 0.335 e. The van der Waals surface area contributed by atoms with Gasteiger partial charge in [-0.05, 0) is 82.7 Å². The smallest absolute Gasteiger partial charge is 0.335 e. The Hall–Kier alpha value is -2.97. The lowest BCUT2D eigenvalue weighted by Crippen LogP contribution is -2.28. The molecule has 1 N–H and O–H groups in total. The number of carbonyl (C=O) groups excluding carboxylic acids is 2. The fourth-order valence-corrected chi connectivity index (χ4v) is 4.47. The minimum Gasteiger partial charge on any atom is -0.490 e. The number of aromatic carboxylic acids is 1. The molecule has 1 heterocycles. The molecule has 2 aromatic carbocycles. The van der Waals surface area contributed by atoms with E-state index in [2.05, 4.69) is 28.5 Å². The number of hydrogen-bond acceptors (Lipinski definition) is 6. The van der Waals surface area contributed by atoms with Crippen LogP contribution in [0.5, 0.6) is 11.5 Å². The summed E-state index contributed by atoms with van der Waals surface area (Å²) in [6, 6.07) is 9.98. The number of terminal acetylenes is 1. The van der Waals surface area contributed by atoms with Gasteiger partial charge < -0.3 is 14.6 Å². The summed E-state index contributed by atoms with van der Waals surface area (Å²) in [4.78, 5) is 36.7. The van der Waals surface area contributed by atoms with Crippen molar-refractivity contribution in [2.75, 3.05) is 13.2 Å². The highest BCUT2D eigenvalue weighted by Gasteiger charge is 2.34. The Balaban J connectivity index is 1.83. The molecule has 1 saturated heterocycles. The van der Waals surface area contributed by atoms with E-state index >= 15 is 0 Å². The number of nitrogens with zero attached hydrogens (tertiary/aromatic N) is 1. The van der Waals surface area contributed by atoms with E-state index < -0.39 is 17.1 Å². The molecule has 0 unspecified atom stereocenters. The van der Waals surface area contributed by atoms with Crippen LogP contribution in [0, 0.1) is 15.9 Å². The third kappa shape index (κ3) is 5.44. The zero-order valence-electron chi connectivity index (χ0n) is 17.0. The van der Waals surface area contributed by atoms with Crippen molar-refractivity contribution in [3.05, 3.63) is 61.6 Å². The number of benzene rings is 2. The molecule has 9 heteroatoms. The number of amides is 2. The highest BCUT2D eigenvalue weighted by Crippen LogP contribution is 2.37. The first kappa shape index (κ1) is 23.7. The lowest BCUT2D eigenvalue weighted by Gasteiger charge is -2.15. The Bertz CT molecular complexity index is 1140. The quantitative estimate of drug-likeness (QED) is 0.284. The van der Waals surface area contributed by atoms with Gasteiger partial charge in [-0.3, -0.25) is 14.5 Å². The zero-order chi connectivity index (χ0) is 23.3. The summed E-state index contributed by atoms with van der Waals surface area (Å²) < 4.78 is 12.5. The molecule has 0 bridgehead atoms. The Labute approximate surface area is 202 Å². The minimum absolute atomic E-state index is 0.0655. The first-order valence-electron chi connectivity index (χ1n) is 9.44. The summed E-state index contributed by atoms with van der Waals surface area (Å²) in [7, 11) is 0. The van der Waals surface area contributed by atoms with E-state index in [0.717, 1.165) is 25.8 Å². The summed E-state index contributed by atoms with van der Waals surface area (Å²) in [5.74, 6) is 1.93. The Morgan fingerprint density at radius 3 is 2.59 bits per heavy atom. The molecule has 0 saturated carbocycles. The van der Waals surface area contributed by atoms with Gasteiger partial charge in [-0.2, -0.15) is 0 Å². The van der Waals surface area contributed by atoms with Gasteiger partial charge in [-0.15, -0.1) is 6.42 Å². The van der Waals surface area contributed by atoms with Crippen LogP contribution in [0.25, 0.3) is 6.08 Å². The van der Waals surface area contributed by atoms with Gasteiger partial charge in [-0.25, -0.2) is 4.79 Å². The second-order valence-corrected chi connectivity index (χ2v) is 8.68. The van der Waals surface area contributed by atoms with Crippen LogP contribution in [0.1, 0.15) is 28.4 Å². The normalized spacial score (nSPS) is 14.5. The third-order valence-electron chi connectivity index (χ3n) is 4.34. The minimum atomic E-state index is -0.988. The Kier molecular flexibility index (Phi) is 7.82. The van der Waals surface area contributed by atoms with E-state index in [1.807, 2.05) is 13.0 Å². The van der Waals surface area contributed by atoms with Crippen LogP contribution in [-0.4, -0.2) is 40.3 Å². The van der Waals surface area contributed by atoms with E-state index in [1.54, 1.807) is 24.3 Å². The van der Waals surface area contributed by atoms with E-state index in [0.29, 0.717) is 23.7 Å². The standard InChI is InChI=1S/C23H18INO6S/c1-3-9-25-21(26)19(32-23(25)29)12-15-10-17(24)20(18(11-15)30-4-2)31-13-14-5-7-16(8-6-14)22(27)28/h1,5-8,10-12H,4,9,13H2,2H3,(H,27,28)/b19-12+. The SMILES string of the molecule is C#CCN1C(=O)S/C(=C/c2cc(I)c(OCc3ccc(C(=O)O)cc3)c(OCC)c2)C1=O. The van der Waals surface area contributed by atoms with E-state index in [1.165, 1.54) is 12.1 Å². The lowest BCUT2D eigenvalue weighted by molar-refractivity contribution is -0.122. The fourth-order valence-electron chi connectivity index (χ4n) is 2.85. The first-order valence-corrected chi connectivity index (χ1v) is 11.3. The van der Waals surface area contributed by atoms with Crippen molar-refractivity contribution in [3.63, 3.8) is 0 Å². The van der Waals surface area contributed by atoms with E-state index in [4.69, 9.17) is 21.0 Å². The summed E-state index contributed by atoms with van der Waals surface area (Å²) >= 11 is 2.96. The molecule has 0 atom stereocenters. The van der Waals surface area contributed by atoms with Gasteiger partial charge in [0.1, 0.15) is 6.61 Å². The number of halogens is 1. The summed E-state index contributed by atoms with van der Waals surface area (Å²) in [5.41, 5.74) is 1.69. The average molecular weight is 563 g/mol. The van der Waals surface area contributed by atoms with Gasteiger partial charge in [-0.1, -0.05) is 18.1 Å². The first-order chi connectivity index (χ1) is 15.3. The maximum atomic E-state index is 12.4. The number of carbonyl (C=O) groups is 3. The molecule has 0 aromatic heterocycles. The largest absolute Gasteiger partial charge is 0.490 e. The fraction of sp³-hybridized carbons (Fsp3) is 0.174. The monoisotopic (exact) mass is 563 g/mol. The van der Waals surface area contributed by atoms with Crippen molar-refractivity contribution < 1.29 is 29.0 Å². The van der Waals surface area contributed by atoms with Crippen LogP contribution in [-0.2, 0) is 11.4 Å². The van der Waals surface area contributed by atoms with Crippen molar-refractivity contribution in [3.8, 4) is 23.8 Å². The van der Waals surface area contributed by atoms with E-state index in [-0.39, 0.29) is 23.6 Å². The third-order valence-corrected chi connectivity index (χ3v) is 6.05. The number of carboxylic acid groups (broad SMARTS) is 1. The Morgan fingerprint density at radius 2 is 1.97 bits per heavy atom. The number of carboxylic acids is 1. The highest BCUT2D eigenvalue weighted by molar-refractivity contribution is 14.1. The lowest BCUT2D eigenvalue weighted by atomic mass is 10.1. The molecule has 1 aliphatic rings. The second-order valence-electron chi connectivity index (χ2n) is 6.53. The van der Waals surface area contributed by atoms with Crippen LogP contribution < -0.4 is 9.47 Å². The van der Waals surface area contributed by atoms with Crippen LogP contribution in [0.3, 0.4) is 0 Å². The van der Waals surface area contributed by atoms with E-state index in [9.17, 15) is 14.4 Å². The molecule has 0 aliphatic carbocycles. The summed E-state index contributed by atoms with van der Waals surface area (Å²) in [6.07, 6.45) is 6.85. The van der Waals surface area contributed by atoms with Crippen LogP contribution in [0.15, 0.2) is 41.3 Å². The summed E-state index contributed by atoms with van der Waals surface area (Å²) in [6.45, 7) is 2.41. The molecular weight excluding hydrogens is 545 g/mol. The molecular formula is C23H18INO6S. The van der Waals surface area contributed by atoms with Crippen LogP contribution in [0.4, 0.5) is 4.79 Å². The maximum absolute atomic E-state index is 12.4. The van der Waals surface area contributed by atoms with Gasteiger partial charge in [0.05, 0.1) is 27.2 Å². The van der Waals surface area contributed by atoms with Crippen molar-refractivity contribution in [1.82, 2.24) is 4.90 Å². The van der Waals surface area contributed by atoms with Gasteiger partial charge in [0.2, 0.25) is 0 Å². The van der Waals surface area contributed by atoms with Gasteiger partial charge in [0.25, 0.3) is 11.1 Å². The molecule has 0 spiro atoms. The molecule has 0 radical (unpaired) electrons. The zero-order valence-corrected chi connectivity index (χ0v) is 19.9. The number of rotatable bonds is 8. The highest BCUT2D eigenvalue weighted by atomic mass is 127. The van der Waals surface area contributed by atoms with Gasteiger partial charge in [0.15, 0.2) is 11.5 Å². The number of hydrogen-bond donors (Lipinski definition) is 1. The topological polar surface area (TPSA) is 93.1 Å². The van der Waals surface area contributed by atoms with Crippen LogP contribution in [0.2, 0.25) is 0 Å². The van der Waals surface area contributed by atoms with Crippen molar-refractivity contribution in [2.45, 2.75) is 13.5 Å². The number of imide groups is 1. The van der Waals surface area contributed by atoms with Crippen LogP contribution >= 0.6 is 34.4 Å². The molecule has 32 heavy (non-hydrogen) atoms. The molecule has 7 nitrogen and oxygen atoms in total. The predicted octanol–water partition coefficient (Wildman–Crippen LogP) is 4.64. The van der Waals surface area contributed by atoms with Crippen molar-refractivity contribution in [1.29, 1.82) is 0 Å². The number of thioether (sulfide) groups is 1. The molecule has 1 fully saturated rings. The Morgan fingerprint density at radius 1 is 1.25 bits per heavy atom. The molecule has 2 aromatic rings. The van der Waals surface area contributed by atoms with Gasteiger partial charge >= 0.3 is 5.97 Å². The average Bonchev–Trinajstić information content (AvgIpc) is 3.01. The molecule has 2 amide bonds. The van der Waals surface area contributed by atoms with Gasteiger partial charge in [0, 0.05) is 0 Å². The number of ether oxygens (including phenoxy) is 2. The second kappa shape index (κ2) is 10.6. The predicted molar refractivity (Wildman–Crippen MR) is 130 cm³/mol. The molecule has 1 aliphatic heterocycles. The van der Waals surface area contributed by atoms with Crippen molar-refractivity contribution in [2.24, 2.45) is 0 Å². The molecule has 164 valence electrons. The summed E-state index contributed by atoms with van der Waals surface area (Å²) in [5, 5.41) is 8.61.